The van der Waals surface area contributed by atoms with Gasteiger partial charge >= 0.3 is 5.97 Å². The van der Waals surface area contributed by atoms with E-state index in [1.54, 1.807) is 0 Å². The highest BCUT2D eigenvalue weighted by atomic mass is 19.2. The number of halogens is 3. The normalized spacial score (nSPS) is 19.3. The summed E-state index contributed by atoms with van der Waals surface area (Å²) in [5, 5.41) is 0. The Bertz CT molecular complexity index is 919. The number of rotatable bonds is 10. The maximum Gasteiger partial charge on any atom is 0.341 e. The number of benzene rings is 1. The molecule has 0 N–H and O–H groups in total. The molecule has 180 valence electrons. The Morgan fingerprint density at radius 3 is 2.48 bits per heavy atom. The van der Waals surface area contributed by atoms with Crippen LogP contribution in [0.5, 0.6) is 0 Å². The van der Waals surface area contributed by atoms with Gasteiger partial charge in [-0.3, -0.25) is 0 Å². The van der Waals surface area contributed by atoms with Crippen LogP contribution >= 0.6 is 0 Å². The van der Waals surface area contributed by atoms with Gasteiger partial charge in [0.25, 0.3) is 0 Å². The molecule has 1 fully saturated rings. The molecule has 1 aromatic carbocycles. The van der Waals surface area contributed by atoms with Crippen LogP contribution in [0.2, 0.25) is 0 Å². The number of unbranched alkanes of at least 4 members (excludes halogenated alkanes) is 3. The molecule has 2 heterocycles. The molecule has 1 atom stereocenters. The van der Waals surface area contributed by atoms with E-state index in [2.05, 4.69) is 16.9 Å². The fraction of sp³-hybridized carbons (Fsp3) is 0.542. The highest BCUT2D eigenvalue weighted by Gasteiger charge is 2.27. The highest BCUT2D eigenvalue weighted by molar-refractivity contribution is 5.88. The van der Waals surface area contributed by atoms with Crippen LogP contribution in [-0.4, -0.2) is 41.9 Å². The van der Waals surface area contributed by atoms with Crippen LogP contribution in [0, 0.1) is 17.6 Å². The molecule has 2 aromatic rings. The number of carbonyl (C=O) groups is 1. The lowest BCUT2D eigenvalue weighted by atomic mass is 10.1. The molecule has 1 unspecified atom stereocenters. The van der Waals surface area contributed by atoms with Crippen molar-refractivity contribution in [3.8, 4) is 11.4 Å². The number of alkyl halides is 1. The molecule has 9 heteroatoms. The number of aromatic nitrogens is 2. The van der Waals surface area contributed by atoms with E-state index in [4.69, 9.17) is 14.2 Å². The van der Waals surface area contributed by atoms with Gasteiger partial charge < -0.3 is 14.2 Å². The third kappa shape index (κ3) is 6.74. The van der Waals surface area contributed by atoms with Crippen LogP contribution in [0.4, 0.5) is 13.2 Å². The van der Waals surface area contributed by atoms with Crippen LogP contribution in [0.1, 0.15) is 68.2 Å². The van der Waals surface area contributed by atoms with Gasteiger partial charge in [0.2, 0.25) is 0 Å². The predicted molar refractivity (Wildman–Crippen MR) is 115 cm³/mol. The summed E-state index contributed by atoms with van der Waals surface area (Å²) in [6, 6.07) is 2.69. The van der Waals surface area contributed by atoms with Gasteiger partial charge in [-0.1, -0.05) is 45.6 Å². The zero-order chi connectivity index (χ0) is 23.8. The van der Waals surface area contributed by atoms with E-state index in [1.165, 1.54) is 12.1 Å². The van der Waals surface area contributed by atoms with Crippen molar-refractivity contribution in [2.24, 2.45) is 5.92 Å². The number of hydrogen-bond donors (Lipinski definition) is 0. The van der Waals surface area contributed by atoms with Gasteiger partial charge in [0.15, 0.2) is 23.7 Å². The summed E-state index contributed by atoms with van der Waals surface area (Å²) in [7, 11) is 0. The summed E-state index contributed by atoms with van der Waals surface area (Å²) < 4.78 is 59.0. The molecule has 0 aliphatic carbocycles. The summed E-state index contributed by atoms with van der Waals surface area (Å²) in [5.74, 6) is -2.95. The fourth-order valence-electron chi connectivity index (χ4n) is 3.40. The molecule has 0 spiro atoms. The molecule has 0 radical (unpaired) electrons. The first-order chi connectivity index (χ1) is 15.9. The summed E-state index contributed by atoms with van der Waals surface area (Å²) in [4.78, 5) is 20.0. The number of esters is 1. The molecule has 1 aliphatic heterocycles. The minimum Gasteiger partial charge on any atom is -0.459 e. The summed E-state index contributed by atoms with van der Waals surface area (Å²) in [5.41, 5.74) is -0.220. The number of ether oxygens (including phenoxy) is 3. The van der Waals surface area contributed by atoms with Crippen LogP contribution < -0.4 is 0 Å². The molecule has 1 saturated heterocycles. The fourth-order valence-corrected chi connectivity index (χ4v) is 3.40. The average molecular weight is 467 g/mol. The summed E-state index contributed by atoms with van der Waals surface area (Å²) in [6.45, 7) is 4.42. The van der Waals surface area contributed by atoms with Crippen molar-refractivity contribution in [1.29, 1.82) is 0 Å². The zero-order valence-electron chi connectivity index (χ0n) is 18.9. The predicted octanol–water partition coefficient (Wildman–Crippen LogP) is 5.57. The molecule has 6 nitrogen and oxygen atoms in total. The molecular weight excluding hydrogens is 437 g/mol. The van der Waals surface area contributed by atoms with Crippen molar-refractivity contribution in [3.63, 3.8) is 0 Å². The van der Waals surface area contributed by atoms with Gasteiger partial charge in [-0.25, -0.2) is 27.9 Å². The van der Waals surface area contributed by atoms with Crippen molar-refractivity contribution in [2.75, 3.05) is 19.8 Å². The summed E-state index contributed by atoms with van der Waals surface area (Å²) >= 11 is 0. The van der Waals surface area contributed by atoms with Gasteiger partial charge in [0.1, 0.15) is 12.8 Å². The quantitative estimate of drug-likeness (QED) is 0.337. The second-order valence-electron chi connectivity index (χ2n) is 8.27. The van der Waals surface area contributed by atoms with Crippen LogP contribution in [0.3, 0.4) is 0 Å². The van der Waals surface area contributed by atoms with Crippen molar-refractivity contribution in [3.05, 3.63) is 47.3 Å². The first-order valence-corrected chi connectivity index (χ1v) is 11.2. The van der Waals surface area contributed by atoms with Gasteiger partial charge in [-0.05, 0) is 12.5 Å². The molecule has 0 bridgehead atoms. The lowest BCUT2D eigenvalue weighted by molar-refractivity contribution is -0.203. The average Bonchev–Trinajstić information content (AvgIpc) is 2.83. The Balaban J connectivity index is 1.60. The van der Waals surface area contributed by atoms with E-state index in [-0.39, 0.29) is 35.0 Å². The molecule has 0 amide bonds. The minimum atomic E-state index is -1.23. The van der Waals surface area contributed by atoms with E-state index in [0.717, 1.165) is 38.1 Å². The van der Waals surface area contributed by atoms with Gasteiger partial charge in [0.05, 0.1) is 24.3 Å². The molecule has 1 aliphatic rings. The Hall–Kier alpha value is -2.52. The molecular formula is C24H29F3N2O4. The molecule has 33 heavy (non-hydrogen) atoms. The largest absolute Gasteiger partial charge is 0.459 e. The van der Waals surface area contributed by atoms with Gasteiger partial charge in [-0.2, -0.15) is 0 Å². The SMILES string of the molecule is CCCCCCC(F)COC(=O)c1cnc(-c2ccc(C3OCC(C)CO3)c(F)c2F)nc1. The van der Waals surface area contributed by atoms with Crippen LogP contribution in [-0.2, 0) is 14.2 Å². The lowest BCUT2D eigenvalue weighted by Crippen LogP contribution is -2.25. The Kier molecular flexibility index (Phi) is 9.20. The van der Waals surface area contributed by atoms with E-state index in [9.17, 15) is 18.0 Å². The first kappa shape index (κ1) is 25.1. The monoisotopic (exact) mass is 466 g/mol. The maximum absolute atomic E-state index is 14.7. The van der Waals surface area contributed by atoms with E-state index in [0.29, 0.717) is 19.6 Å². The minimum absolute atomic E-state index is 0.00689. The highest BCUT2D eigenvalue weighted by Crippen LogP contribution is 2.31. The molecule has 1 aromatic heterocycles. The van der Waals surface area contributed by atoms with E-state index < -0.39 is 30.1 Å². The topological polar surface area (TPSA) is 70.5 Å². The zero-order valence-corrected chi connectivity index (χ0v) is 18.9. The Morgan fingerprint density at radius 2 is 1.82 bits per heavy atom. The third-order valence-electron chi connectivity index (χ3n) is 5.32. The lowest BCUT2D eigenvalue weighted by Gasteiger charge is -2.28. The maximum atomic E-state index is 14.7. The van der Waals surface area contributed by atoms with Crippen molar-refractivity contribution < 1.29 is 32.2 Å². The number of carbonyl (C=O) groups excluding carboxylic acids is 1. The molecule has 3 rings (SSSR count). The van der Waals surface area contributed by atoms with E-state index >= 15 is 0 Å². The Morgan fingerprint density at radius 1 is 1.12 bits per heavy atom. The molecule has 0 saturated carbocycles. The first-order valence-electron chi connectivity index (χ1n) is 11.2. The van der Waals surface area contributed by atoms with Gasteiger partial charge in [-0.15, -0.1) is 0 Å². The smallest absolute Gasteiger partial charge is 0.341 e. The van der Waals surface area contributed by atoms with E-state index in [1.807, 2.05) is 6.92 Å². The standard InChI is InChI=1S/C24H29F3N2O4/c1-3-4-5-6-7-17(25)14-31-23(30)16-10-28-22(29-11-16)18-8-9-19(21(27)20(18)26)24-32-12-15(2)13-33-24/h8-11,15,17,24H,3-7,12-14H2,1-2H3. The van der Waals surface area contributed by atoms with Gasteiger partial charge in [0, 0.05) is 23.9 Å². The van der Waals surface area contributed by atoms with Crippen molar-refractivity contribution in [1.82, 2.24) is 9.97 Å². The summed E-state index contributed by atoms with van der Waals surface area (Å²) in [6.07, 6.45) is 4.19. The van der Waals surface area contributed by atoms with Crippen LogP contribution in [0.15, 0.2) is 24.5 Å². The number of nitrogens with zero attached hydrogens (tertiary/aromatic N) is 2. The second-order valence-corrected chi connectivity index (χ2v) is 8.27. The van der Waals surface area contributed by atoms with Crippen LogP contribution in [0.25, 0.3) is 11.4 Å². The number of hydrogen-bond acceptors (Lipinski definition) is 6. The van der Waals surface area contributed by atoms with Crippen molar-refractivity contribution >= 4 is 5.97 Å². The second kappa shape index (κ2) is 12.1. The third-order valence-corrected chi connectivity index (χ3v) is 5.32. The van der Waals surface area contributed by atoms with Crippen molar-refractivity contribution in [2.45, 2.75) is 58.4 Å². The Labute approximate surface area is 191 Å².